The van der Waals surface area contributed by atoms with Crippen LogP contribution in [-0.2, 0) is 10.8 Å². The number of carbonyl (C=O) groups is 1. The normalized spacial score (nSPS) is 13.1. The van der Waals surface area contributed by atoms with Gasteiger partial charge in [0, 0.05) is 50.7 Å². The van der Waals surface area contributed by atoms with Crippen molar-refractivity contribution < 1.29 is 4.79 Å². The van der Waals surface area contributed by atoms with E-state index in [4.69, 9.17) is 9.97 Å². The van der Waals surface area contributed by atoms with E-state index in [1.165, 1.54) is 32.3 Å². The fourth-order valence-corrected chi connectivity index (χ4v) is 8.91. The topological polar surface area (TPSA) is 46.1 Å². The van der Waals surface area contributed by atoms with Crippen LogP contribution in [0.2, 0.25) is 0 Å². The zero-order valence-electron chi connectivity index (χ0n) is 34.7. The highest BCUT2D eigenvalue weighted by Gasteiger charge is 2.31. The Balaban J connectivity index is 1.30. The smallest absolute Gasteiger partial charge is 0.194 e. The Bertz CT molecular complexity index is 2830. The van der Waals surface area contributed by atoms with Gasteiger partial charge in [-0.15, -0.1) is 0 Å². The highest BCUT2D eigenvalue weighted by atomic mass is 16.1. The van der Waals surface area contributed by atoms with Gasteiger partial charge in [-0.1, -0.05) is 108 Å². The molecule has 9 rings (SSSR count). The molecule has 2 heterocycles. The molecule has 0 atom stereocenters. The van der Waals surface area contributed by atoms with Gasteiger partial charge in [0.15, 0.2) is 5.78 Å². The lowest BCUT2D eigenvalue weighted by molar-refractivity contribution is 0.103. The standard InChI is InChI=1S/C53H49N3O/c1-30-23-39(24-31(2)54-30)56(40-25-32(3)55-33(4)26-40)48-22-15-35-13-18-41-36(12-11-34-14-19-44(48)50(35)49(34)41)27-45-42-20-16-37(52(5,6)7)28-46(42)51(57)47-29-38(53(8,9)10)17-21-43(45)47/h11-29H,1-10H3. The minimum absolute atomic E-state index is 0.0860. The van der Waals surface area contributed by atoms with Gasteiger partial charge < -0.3 is 4.90 Å². The maximum Gasteiger partial charge on any atom is 0.194 e. The third-order valence-electron chi connectivity index (χ3n) is 11.7. The van der Waals surface area contributed by atoms with Gasteiger partial charge in [0.25, 0.3) is 0 Å². The van der Waals surface area contributed by atoms with Gasteiger partial charge in [-0.2, -0.15) is 0 Å². The molecule has 6 aromatic carbocycles. The molecule has 0 radical (unpaired) electrons. The van der Waals surface area contributed by atoms with E-state index >= 15 is 0 Å². The molecule has 0 saturated heterocycles. The van der Waals surface area contributed by atoms with Gasteiger partial charge >= 0.3 is 0 Å². The van der Waals surface area contributed by atoms with Crippen molar-refractivity contribution in [2.75, 3.05) is 4.90 Å². The molecule has 2 aromatic heterocycles. The van der Waals surface area contributed by atoms with Gasteiger partial charge in [-0.3, -0.25) is 14.8 Å². The number of carbonyl (C=O) groups excluding carboxylic acids is 1. The van der Waals surface area contributed by atoms with E-state index in [1.807, 2.05) is 0 Å². The molecule has 57 heavy (non-hydrogen) atoms. The molecule has 0 fully saturated rings. The zero-order valence-corrected chi connectivity index (χ0v) is 34.7. The minimum atomic E-state index is -0.0860. The molecule has 0 unspecified atom stereocenters. The van der Waals surface area contributed by atoms with E-state index in [2.05, 4.69) is 189 Å². The van der Waals surface area contributed by atoms with Crippen LogP contribution < -0.4 is 4.90 Å². The van der Waals surface area contributed by atoms with Gasteiger partial charge in [0.1, 0.15) is 0 Å². The number of rotatable bonds is 4. The summed E-state index contributed by atoms with van der Waals surface area (Å²) in [7, 11) is 0. The highest BCUT2D eigenvalue weighted by molar-refractivity contribution is 6.28. The number of hydrogen-bond donors (Lipinski definition) is 0. The average molecular weight is 744 g/mol. The predicted molar refractivity (Wildman–Crippen MR) is 240 cm³/mol. The number of anilines is 3. The van der Waals surface area contributed by atoms with Crippen molar-refractivity contribution in [2.24, 2.45) is 0 Å². The number of aryl methyl sites for hydroxylation is 4. The van der Waals surface area contributed by atoms with Crippen molar-refractivity contribution in [1.29, 1.82) is 0 Å². The van der Waals surface area contributed by atoms with Crippen molar-refractivity contribution >= 4 is 66.8 Å². The van der Waals surface area contributed by atoms with E-state index in [9.17, 15) is 4.79 Å². The number of hydrogen-bond acceptors (Lipinski definition) is 4. The van der Waals surface area contributed by atoms with Gasteiger partial charge in [-0.05, 0) is 147 Å². The highest BCUT2D eigenvalue weighted by Crippen LogP contribution is 2.46. The Morgan fingerprint density at radius 1 is 0.491 bits per heavy atom. The first-order valence-corrected chi connectivity index (χ1v) is 20.0. The van der Waals surface area contributed by atoms with Gasteiger partial charge in [0.05, 0.1) is 5.69 Å². The molecular weight excluding hydrogens is 695 g/mol. The van der Waals surface area contributed by atoms with Crippen LogP contribution in [0.15, 0.2) is 109 Å². The van der Waals surface area contributed by atoms with Crippen molar-refractivity contribution in [3.63, 3.8) is 0 Å². The van der Waals surface area contributed by atoms with E-state index in [0.717, 1.165) is 84.4 Å². The lowest BCUT2D eigenvalue weighted by atomic mass is 9.75. The summed E-state index contributed by atoms with van der Waals surface area (Å²) in [5, 5.41) is 7.24. The SMILES string of the molecule is Cc1cc(N(c2cc(C)nc(C)c2)c2ccc3ccc4c(C=C5c6ccc(C(C)(C)C)cc6C(=O)c6cc(C(C)(C)C)ccc65)ccc5ccc2c3c54)cc(C)n1. The minimum Gasteiger partial charge on any atom is -0.310 e. The van der Waals surface area contributed by atoms with Crippen molar-refractivity contribution in [1.82, 2.24) is 9.97 Å². The van der Waals surface area contributed by atoms with Crippen molar-refractivity contribution in [2.45, 2.75) is 80.1 Å². The molecule has 282 valence electrons. The maximum absolute atomic E-state index is 14.4. The van der Waals surface area contributed by atoms with Crippen molar-refractivity contribution in [3.8, 4) is 0 Å². The van der Waals surface area contributed by atoms with Crippen LogP contribution in [0.3, 0.4) is 0 Å². The summed E-state index contributed by atoms with van der Waals surface area (Å²) in [6.07, 6.45) is 2.32. The second kappa shape index (κ2) is 13.0. The molecule has 0 amide bonds. The van der Waals surface area contributed by atoms with Crippen LogP contribution in [0.25, 0.3) is 44.0 Å². The van der Waals surface area contributed by atoms with Crippen LogP contribution in [0, 0.1) is 27.7 Å². The number of ketones is 1. The van der Waals surface area contributed by atoms with Crippen molar-refractivity contribution in [3.05, 3.63) is 171 Å². The molecule has 0 bridgehead atoms. The molecule has 8 aromatic rings. The molecule has 1 aliphatic rings. The van der Waals surface area contributed by atoms with E-state index < -0.39 is 0 Å². The summed E-state index contributed by atoms with van der Waals surface area (Å²) >= 11 is 0. The molecule has 0 aliphatic heterocycles. The lowest BCUT2D eigenvalue weighted by Gasteiger charge is -2.29. The largest absolute Gasteiger partial charge is 0.310 e. The van der Waals surface area contributed by atoms with Gasteiger partial charge in [-0.25, -0.2) is 0 Å². The number of aromatic nitrogens is 2. The number of pyridine rings is 2. The second-order valence-corrected chi connectivity index (χ2v) is 18.1. The van der Waals surface area contributed by atoms with E-state index in [0.29, 0.717) is 0 Å². The molecule has 0 saturated carbocycles. The van der Waals surface area contributed by atoms with E-state index in [1.54, 1.807) is 0 Å². The van der Waals surface area contributed by atoms with Crippen LogP contribution in [0.4, 0.5) is 17.1 Å². The van der Waals surface area contributed by atoms with Crippen LogP contribution in [-0.4, -0.2) is 15.8 Å². The fraction of sp³-hybridized carbons (Fsp3) is 0.226. The van der Waals surface area contributed by atoms with Crippen LogP contribution in [0.1, 0.15) is 108 Å². The van der Waals surface area contributed by atoms with Crippen LogP contribution >= 0.6 is 0 Å². The number of benzene rings is 6. The molecule has 0 spiro atoms. The summed E-state index contributed by atoms with van der Waals surface area (Å²) in [6, 6.07) is 39.8. The van der Waals surface area contributed by atoms with Gasteiger partial charge in [0.2, 0.25) is 0 Å². The molecule has 1 aliphatic carbocycles. The fourth-order valence-electron chi connectivity index (χ4n) is 8.91. The third-order valence-corrected chi connectivity index (χ3v) is 11.7. The summed E-state index contributed by atoms with van der Waals surface area (Å²) in [5.41, 5.74) is 15.0. The third kappa shape index (κ3) is 6.19. The summed E-state index contributed by atoms with van der Waals surface area (Å²) in [5.74, 6) is 0.0981. The predicted octanol–water partition coefficient (Wildman–Crippen LogP) is 13.8. The Hall–Kier alpha value is -6.13. The second-order valence-electron chi connectivity index (χ2n) is 18.1. The molecule has 0 N–H and O–H groups in total. The zero-order chi connectivity index (χ0) is 40.1. The Labute approximate surface area is 336 Å². The van der Waals surface area contributed by atoms with Crippen LogP contribution in [0.5, 0.6) is 0 Å². The Kier molecular flexibility index (Phi) is 8.30. The first kappa shape index (κ1) is 36.5. The maximum atomic E-state index is 14.4. The lowest BCUT2D eigenvalue weighted by Crippen LogP contribution is -2.20. The first-order chi connectivity index (χ1) is 27.0. The summed E-state index contributed by atoms with van der Waals surface area (Å²) < 4.78 is 0. The average Bonchev–Trinajstić information content (AvgIpc) is 3.14. The molecular formula is C53H49N3O. The summed E-state index contributed by atoms with van der Waals surface area (Å²) in [6.45, 7) is 21.5. The molecule has 4 nitrogen and oxygen atoms in total. The quantitative estimate of drug-likeness (QED) is 0.168. The Morgan fingerprint density at radius 3 is 1.42 bits per heavy atom. The number of nitrogens with zero attached hydrogens (tertiary/aromatic N) is 3. The monoisotopic (exact) mass is 743 g/mol. The Morgan fingerprint density at radius 2 is 0.930 bits per heavy atom. The van der Waals surface area contributed by atoms with E-state index in [-0.39, 0.29) is 16.6 Å². The summed E-state index contributed by atoms with van der Waals surface area (Å²) in [4.78, 5) is 26.2. The number of fused-ring (bicyclic) bond motifs is 2. The molecule has 4 heteroatoms. The first-order valence-electron chi connectivity index (χ1n) is 20.0.